The van der Waals surface area contributed by atoms with Gasteiger partial charge in [0.05, 0.1) is 0 Å². The van der Waals surface area contributed by atoms with Crippen LogP contribution in [0.15, 0.2) is 18.2 Å². The summed E-state index contributed by atoms with van der Waals surface area (Å²) in [4.78, 5) is 0. The molecule has 0 saturated carbocycles. The van der Waals surface area contributed by atoms with E-state index in [2.05, 4.69) is 5.32 Å². The fourth-order valence-corrected chi connectivity index (χ4v) is 3.51. The fourth-order valence-electron chi connectivity index (χ4n) is 2.07. The number of phenols is 1. The maximum Gasteiger partial charge on any atom is 0.121 e. The summed E-state index contributed by atoms with van der Waals surface area (Å²) in [6, 6.07) is 5.26. The highest BCUT2D eigenvalue weighted by Crippen LogP contribution is 2.25. The summed E-state index contributed by atoms with van der Waals surface area (Å²) in [6.45, 7) is 1.67. The van der Waals surface area contributed by atoms with Crippen LogP contribution >= 0.6 is 23.4 Å². The van der Waals surface area contributed by atoms with Gasteiger partial charge in [-0.2, -0.15) is 11.8 Å². The first-order valence-electron chi connectivity index (χ1n) is 6.02. The molecular formula is C13H18ClNOS. The normalized spacial score (nSPS) is 17.2. The van der Waals surface area contributed by atoms with E-state index in [0.717, 1.165) is 18.0 Å². The third-order valence-electron chi connectivity index (χ3n) is 3.17. The van der Waals surface area contributed by atoms with Gasteiger partial charge in [-0.15, -0.1) is 0 Å². The van der Waals surface area contributed by atoms with Crippen molar-refractivity contribution in [2.75, 3.05) is 18.1 Å². The zero-order valence-electron chi connectivity index (χ0n) is 9.79. The lowest BCUT2D eigenvalue weighted by Gasteiger charge is -2.21. The molecule has 1 aliphatic heterocycles. The summed E-state index contributed by atoms with van der Waals surface area (Å²) in [6.07, 6.45) is 2.60. The minimum Gasteiger partial charge on any atom is -0.508 e. The number of hydrogen-bond acceptors (Lipinski definition) is 3. The number of phenolic OH excluding ortho intramolecular Hbond substituents is 1. The van der Waals surface area contributed by atoms with Gasteiger partial charge in [0.2, 0.25) is 0 Å². The monoisotopic (exact) mass is 271 g/mol. The molecule has 1 aliphatic rings. The molecule has 2 N–H and O–H groups in total. The molecule has 1 aromatic carbocycles. The molecule has 1 fully saturated rings. The van der Waals surface area contributed by atoms with Crippen molar-refractivity contribution in [1.29, 1.82) is 0 Å². The molecule has 1 saturated heterocycles. The van der Waals surface area contributed by atoms with Gasteiger partial charge < -0.3 is 10.4 Å². The molecule has 2 nitrogen and oxygen atoms in total. The summed E-state index contributed by atoms with van der Waals surface area (Å²) in [5, 5.41) is 13.7. The van der Waals surface area contributed by atoms with E-state index >= 15 is 0 Å². The van der Waals surface area contributed by atoms with Gasteiger partial charge in [0.25, 0.3) is 0 Å². The van der Waals surface area contributed by atoms with Crippen LogP contribution in [0.1, 0.15) is 18.4 Å². The second-order valence-electron chi connectivity index (χ2n) is 4.42. The van der Waals surface area contributed by atoms with Gasteiger partial charge in [-0.25, -0.2) is 0 Å². The number of rotatable bonds is 4. The Morgan fingerprint density at radius 3 is 2.82 bits per heavy atom. The quantitative estimate of drug-likeness (QED) is 0.882. The van der Waals surface area contributed by atoms with Crippen molar-refractivity contribution in [3.63, 3.8) is 0 Å². The Morgan fingerprint density at radius 1 is 1.35 bits per heavy atom. The maximum absolute atomic E-state index is 9.70. The van der Waals surface area contributed by atoms with Crippen LogP contribution < -0.4 is 5.32 Å². The van der Waals surface area contributed by atoms with Gasteiger partial charge in [0.15, 0.2) is 0 Å². The Kier molecular flexibility index (Phi) is 5.01. The topological polar surface area (TPSA) is 32.3 Å². The molecule has 17 heavy (non-hydrogen) atoms. The standard InChI is InChI=1S/C13H18ClNOS/c14-12-2-1-3-13(16)11(12)9-15-8-10-4-6-17-7-5-10/h1-3,10,15-16H,4-9H2. The highest BCUT2D eigenvalue weighted by atomic mass is 35.5. The Balaban J connectivity index is 1.81. The number of nitrogens with one attached hydrogen (secondary N) is 1. The lowest BCUT2D eigenvalue weighted by Crippen LogP contribution is -2.25. The molecule has 1 heterocycles. The van der Waals surface area contributed by atoms with Gasteiger partial charge >= 0.3 is 0 Å². The van der Waals surface area contributed by atoms with Crippen LogP contribution in [-0.2, 0) is 6.54 Å². The van der Waals surface area contributed by atoms with E-state index in [4.69, 9.17) is 11.6 Å². The maximum atomic E-state index is 9.70. The molecule has 4 heteroatoms. The third kappa shape index (κ3) is 3.80. The molecule has 0 unspecified atom stereocenters. The van der Waals surface area contributed by atoms with Gasteiger partial charge in [-0.1, -0.05) is 17.7 Å². The molecule has 0 spiro atoms. The van der Waals surface area contributed by atoms with Crippen LogP contribution in [0.3, 0.4) is 0 Å². The summed E-state index contributed by atoms with van der Waals surface area (Å²) in [5.74, 6) is 3.62. The van der Waals surface area contributed by atoms with E-state index in [1.54, 1.807) is 12.1 Å². The summed E-state index contributed by atoms with van der Waals surface area (Å²) in [5.41, 5.74) is 0.805. The highest BCUT2D eigenvalue weighted by molar-refractivity contribution is 7.99. The average molecular weight is 272 g/mol. The first kappa shape index (κ1) is 13.1. The molecular weight excluding hydrogens is 254 g/mol. The van der Waals surface area contributed by atoms with Crippen LogP contribution in [-0.4, -0.2) is 23.2 Å². The van der Waals surface area contributed by atoms with Gasteiger partial charge in [0, 0.05) is 17.1 Å². The van der Waals surface area contributed by atoms with Crippen molar-refractivity contribution in [1.82, 2.24) is 5.32 Å². The van der Waals surface area contributed by atoms with E-state index in [1.807, 2.05) is 17.8 Å². The molecule has 1 aromatic rings. The lowest BCUT2D eigenvalue weighted by atomic mass is 10.0. The predicted octanol–water partition coefficient (Wildman–Crippen LogP) is 3.28. The first-order chi connectivity index (χ1) is 8.27. The van der Waals surface area contributed by atoms with Crippen molar-refractivity contribution in [2.45, 2.75) is 19.4 Å². The Bertz CT molecular complexity index is 346. The fraction of sp³-hybridized carbons (Fsp3) is 0.538. The number of benzene rings is 1. The predicted molar refractivity (Wildman–Crippen MR) is 74.9 cm³/mol. The number of thioether (sulfide) groups is 1. The molecule has 0 radical (unpaired) electrons. The number of hydrogen-bond donors (Lipinski definition) is 2. The van der Waals surface area contributed by atoms with Gasteiger partial charge in [0.1, 0.15) is 5.75 Å². The van der Waals surface area contributed by atoms with Gasteiger partial charge in [-0.05, 0) is 48.9 Å². The van der Waals surface area contributed by atoms with Crippen molar-refractivity contribution in [3.8, 4) is 5.75 Å². The zero-order valence-corrected chi connectivity index (χ0v) is 11.4. The number of halogens is 1. The van der Waals surface area contributed by atoms with E-state index in [1.165, 1.54) is 24.3 Å². The van der Waals surface area contributed by atoms with Crippen LogP contribution in [0.25, 0.3) is 0 Å². The van der Waals surface area contributed by atoms with Gasteiger partial charge in [-0.3, -0.25) is 0 Å². The van der Waals surface area contributed by atoms with E-state index in [9.17, 15) is 5.11 Å². The molecule has 0 atom stereocenters. The van der Waals surface area contributed by atoms with Crippen molar-refractivity contribution in [2.24, 2.45) is 5.92 Å². The van der Waals surface area contributed by atoms with Crippen molar-refractivity contribution < 1.29 is 5.11 Å². The second-order valence-corrected chi connectivity index (χ2v) is 6.06. The van der Waals surface area contributed by atoms with Crippen molar-refractivity contribution >= 4 is 23.4 Å². The summed E-state index contributed by atoms with van der Waals surface area (Å²) < 4.78 is 0. The van der Waals surface area contributed by atoms with Crippen LogP contribution in [0, 0.1) is 5.92 Å². The van der Waals surface area contributed by atoms with Crippen LogP contribution in [0.4, 0.5) is 0 Å². The SMILES string of the molecule is Oc1cccc(Cl)c1CNCC1CCSCC1. The average Bonchev–Trinajstić information content (AvgIpc) is 2.34. The zero-order chi connectivity index (χ0) is 12.1. The smallest absolute Gasteiger partial charge is 0.121 e. The highest BCUT2D eigenvalue weighted by Gasteiger charge is 2.13. The minimum absolute atomic E-state index is 0.282. The van der Waals surface area contributed by atoms with E-state index in [-0.39, 0.29) is 5.75 Å². The Labute approximate surface area is 112 Å². The first-order valence-corrected chi connectivity index (χ1v) is 7.55. The van der Waals surface area contributed by atoms with Crippen molar-refractivity contribution in [3.05, 3.63) is 28.8 Å². The third-order valence-corrected chi connectivity index (χ3v) is 4.57. The largest absolute Gasteiger partial charge is 0.508 e. The molecule has 0 bridgehead atoms. The van der Waals surface area contributed by atoms with E-state index < -0.39 is 0 Å². The molecule has 94 valence electrons. The second kappa shape index (κ2) is 6.53. The summed E-state index contributed by atoms with van der Waals surface area (Å²) >= 11 is 8.09. The Hall–Kier alpha value is -0.380. The Morgan fingerprint density at radius 2 is 2.12 bits per heavy atom. The van der Waals surface area contributed by atoms with E-state index in [0.29, 0.717) is 11.6 Å². The van der Waals surface area contributed by atoms with Crippen LogP contribution in [0.2, 0.25) is 5.02 Å². The molecule has 2 rings (SSSR count). The molecule has 0 aromatic heterocycles. The molecule has 0 amide bonds. The minimum atomic E-state index is 0.282. The number of aromatic hydroxyl groups is 1. The lowest BCUT2D eigenvalue weighted by molar-refractivity contribution is 0.436. The summed E-state index contributed by atoms with van der Waals surface area (Å²) in [7, 11) is 0. The van der Waals surface area contributed by atoms with Crippen LogP contribution in [0.5, 0.6) is 5.75 Å². The molecule has 0 aliphatic carbocycles.